The fourth-order valence-corrected chi connectivity index (χ4v) is 4.05. The second-order valence-corrected chi connectivity index (χ2v) is 8.86. The van der Waals surface area contributed by atoms with E-state index in [1.54, 1.807) is 36.1 Å². The number of hydrogen-bond acceptors (Lipinski definition) is 4. The molecule has 142 valence electrons. The standard InChI is InChI=1S/C20H21NO5S/c1-2-27(25,26)18-7-3-14(4-8-18)11-19(22)21-10-9-15-5-6-16(20(23)24)12-17(15)13-21/h3-8,12H,2,9-11,13H2,1H3,(H,23,24). The maximum atomic E-state index is 12.6. The number of hydrogen-bond donors (Lipinski definition) is 1. The summed E-state index contributed by atoms with van der Waals surface area (Å²) in [6, 6.07) is 11.4. The summed E-state index contributed by atoms with van der Waals surface area (Å²) in [5.74, 6) is -1.01. The summed E-state index contributed by atoms with van der Waals surface area (Å²) in [6.45, 7) is 2.56. The highest BCUT2D eigenvalue weighted by atomic mass is 32.2. The van der Waals surface area contributed by atoms with E-state index in [-0.39, 0.29) is 28.5 Å². The minimum atomic E-state index is -3.25. The number of carboxylic acid groups (broad SMARTS) is 1. The Morgan fingerprint density at radius 3 is 2.41 bits per heavy atom. The van der Waals surface area contributed by atoms with Crippen molar-refractivity contribution in [3.05, 3.63) is 64.7 Å². The van der Waals surface area contributed by atoms with Gasteiger partial charge in [0.1, 0.15) is 0 Å². The number of carbonyl (C=O) groups excluding carboxylic acids is 1. The van der Waals surface area contributed by atoms with Crippen molar-refractivity contribution >= 4 is 21.7 Å². The zero-order valence-electron chi connectivity index (χ0n) is 15.0. The van der Waals surface area contributed by atoms with Gasteiger partial charge in [-0.1, -0.05) is 25.1 Å². The number of aromatic carboxylic acids is 1. The third kappa shape index (κ3) is 4.19. The SMILES string of the molecule is CCS(=O)(=O)c1ccc(CC(=O)N2CCc3ccc(C(=O)O)cc3C2)cc1. The fraction of sp³-hybridized carbons (Fsp3) is 0.300. The summed E-state index contributed by atoms with van der Waals surface area (Å²) < 4.78 is 23.7. The van der Waals surface area contributed by atoms with Crippen molar-refractivity contribution in [3.8, 4) is 0 Å². The average molecular weight is 387 g/mol. The van der Waals surface area contributed by atoms with Crippen LogP contribution in [-0.2, 0) is 34.0 Å². The molecular weight excluding hydrogens is 366 g/mol. The van der Waals surface area contributed by atoms with Crippen LogP contribution in [0.5, 0.6) is 0 Å². The predicted molar refractivity (Wildman–Crippen MR) is 100 cm³/mol. The van der Waals surface area contributed by atoms with Crippen LogP contribution in [0.3, 0.4) is 0 Å². The van der Waals surface area contributed by atoms with E-state index in [0.717, 1.165) is 16.7 Å². The maximum absolute atomic E-state index is 12.6. The largest absolute Gasteiger partial charge is 0.478 e. The van der Waals surface area contributed by atoms with E-state index in [1.165, 1.54) is 12.1 Å². The Kier molecular flexibility index (Phi) is 5.32. The molecule has 1 aliphatic rings. The Morgan fingerprint density at radius 2 is 1.78 bits per heavy atom. The van der Waals surface area contributed by atoms with Gasteiger partial charge >= 0.3 is 5.97 Å². The topological polar surface area (TPSA) is 91.8 Å². The predicted octanol–water partition coefficient (Wildman–Crippen LogP) is 2.31. The van der Waals surface area contributed by atoms with Crippen molar-refractivity contribution in [2.45, 2.75) is 31.2 Å². The molecule has 7 heteroatoms. The number of carbonyl (C=O) groups is 2. The van der Waals surface area contributed by atoms with Crippen molar-refractivity contribution < 1.29 is 23.1 Å². The van der Waals surface area contributed by atoms with Crippen LogP contribution in [0.2, 0.25) is 0 Å². The van der Waals surface area contributed by atoms with Crippen molar-refractivity contribution in [1.29, 1.82) is 0 Å². The van der Waals surface area contributed by atoms with Crippen LogP contribution in [-0.4, -0.2) is 42.6 Å². The van der Waals surface area contributed by atoms with Crippen molar-refractivity contribution in [2.75, 3.05) is 12.3 Å². The van der Waals surface area contributed by atoms with Gasteiger partial charge in [0.25, 0.3) is 0 Å². The Balaban J connectivity index is 1.70. The third-order valence-electron chi connectivity index (χ3n) is 4.84. The van der Waals surface area contributed by atoms with Crippen LogP contribution >= 0.6 is 0 Å². The monoisotopic (exact) mass is 387 g/mol. The summed E-state index contributed by atoms with van der Waals surface area (Å²) in [6.07, 6.45) is 0.870. The molecule has 1 heterocycles. The second-order valence-electron chi connectivity index (χ2n) is 6.58. The molecule has 0 aromatic heterocycles. The highest BCUT2D eigenvalue weighted by Crippen LogP contribution is 2.21. The molecule has 27 heavy (non-hydrogen) atoms. The number of fused-ring (bicyclic) bond motifs is 1. The number of rotatable bonds is 5. The summed E-state index contributed by atoms with van der Waals surface area (Å²) >= 11 is 0. The number of benzene rings is 2. The molecule has 0 spiro atoms. The lowest BCUT2D eigenvalue weighted by Gasteiger charge is -2.29. The molecule has 0 fully saturated rings. The molecule has 0 aliphatic carbocycles. The average Bonchev–Trinajstić information content (AvgIpc) is 2.67. The quantitative estimate of drug-likeness (QED) is 0.850. The van der Waals surface area contributed by atoms with E-state index in [4.69, 9.17) is 5.11 Å². The highest BCUT2D eigenvalue weighted by molar-refractivity contribution is 7.91. The van der Waals surface area contributed by atoms with Crippen LogP contribution in [0.1, 0.15) is 34.0 Å². The zero-order valence-corrected chi connectivity index (χ0v) is 15.8. The first-order chi connectivity index (χ1) is 12.8. The molecule has 0 bridgehead atoms. The first-order valence-corrected chi connectivity index (χ1v) is 10.4. The van der Waals surface area contributed by atoms with E-state index in [1.807, 2.05) is 6.07 Å². The fourth-order valence-electron chi connectivity index (χ4n) is 3.17. The summed E-state index contributed by atoms with van der Waals surface area (Å²) in [5, 5.41) is 9.13. The van der Waals surface area contributed by atoms with Gasteiger partial charge in [0.2, 0.25) is 5.91 Å². The van der Waals surface area contributed by atoms with Crippen molar-refractivity contribution in [3.63, 3.8) is 0 Å². The van der Waals surface area contributed by atoms with Crippen LogP contribution in [0.4, 0.5) is 0 Å². The van der Waals surface area contributed by atoms with E-state index in [0.29, 0.717) is 19.5 Å². The van der Waals surface area contributed by atoms with Gasteiger partial charge in [0, 0.05) is 13.1 Å². The van der Waals surface area contributed by atoms with E-state index in [9.17, 15) is 18.0 Å². The molecule has 2 aromatic rings. The van der Waals surface area contributed by atoms with Crippen molar-refractivity contribution in [2.24, 2.45) is 0 Å². The highest BCUT2D eigenvalue weighted by Gasteiger charge is 2.22. The summed E-state index contributed by atoms with van der Waals surface area (Å²) in [7, 11) is -3.25. The molecule has 3 rings (SSSR count). The molecule has 1 N–H and O–H groups in total. The maximum Gasteiger partial charge on any atom is 0.335 e. The van der Waals surface area contributed by atoms with Gasteiger partial charge < -0.3 is 10.0 Å². The molecule has 0 saturated heterocycles. The Bertz CT molecular complexity index is 980. The van der Waals surface area contributed by atoms with Gasteiger partial charge in [-0.2, -0.15) is 0 Å². The second kappa shape index (κ2) is 7.52. The van der Waals surface area contributed by atoms with E-state index < -0.39 is 15.8 Å². The van der Waals surface area contributed by atoms with Gasteiger partial charge in [-0.15, -0.1) is 0 Å². The Morgan fingerprint density at radius 1 is 1.07 bits per heavy atom. The summed E-state index contributed by atoms with van der Waals surface area (Å²) in [4.78, 5) is 25.7. The lowest BCUT2D eigenvalue weighted by atomic mass is 9.97. The molecule has 6 nitrogen and oxygen atoms in total. The van der Waals surface area contributed by atoms with Crippen LogP contribution in [0, 0.1) is 0 Å². The molecule has 0 atom stereocenters. The third-order valence-corrected chi connectivity index (χ3v) is 6.59. The minimum absolute atomic E-state index is 0.0385. The summed E-state index contributed by atoms with van der Waals surface area (Å²) in [5.41, 5.74) is 2.90. The number of sulfone groups is 1. The molecule has 1 amide bonds. The molecular formula is C20H21NO5S. The smallest absolute Gasteiger partial charge is 0.335 e. The van der Waals surface area contributed by atoms with Crippen LogP contribution < -0.4 is 0 Å². The van der Waals surface area contributed by atoms with Gasteiger partial charge in [0.05, 0.1) is 22.6 Å². The van der Waals surface area contributed by atoms with Gasteiger partial charge in [-0.3, -0.25) is 4.79 Å². The molecule has 2 aromatic carbocycles. The number of amides is 1. The van der Waals surface area contributed by atoms with Crippen LogP contribution in [0.15, 0.2) is 47.4 Å². The lowest BCUT2D eigenvalue weighted by molar-refractivity contribution is -0.131. The van der Waals surface area contributed by atoms with E-state index >= 15 is 0 Å². The molecule has 1 aliphatic heterocycles. The van der Waals surface area contributed by atoms with Gasteiger partial charge in [-0.25, -0.2) is 13.2 Å². The van der Waals surface area contributed by atoms with Gasteiger partial charge in [-0.05, 0) is 47.4 Å². The number of nitrogens with zero attached hydrogens (tertiary/aromatic N) is 1. The van der Waals surface area contributed by atoms with Crippen molar-refractivity contribution in [1.82, 2.24) is 4.90 Å². The Labute approximate surface area is 158 Å². The molecule has 0 radical (unpaired) electrons. The normalized spacial score (nSPS) is 13.9. The lowest BCUT2D eigenvalue weighted by Crippen LogP contribution is -2.37. The number of carboxylic acids is 1. The molecule has 0 unspecified atom stereocenters. The minimum Gasteiger partial charge on any atom is -0.478 e. The Hall–Kier alpha value is -2.67. The van der Waals surface area contributed by atoms with E-state index in [2.05, 4.69) is 0 Å². The first-order valence-electron chi connectivity index (χ1n) is 8.74. The van der Waals surface area contributed by atoms with Crippen LogP contribution in [0.25, 0.3) is 0 Å². The first kappa shape index (κ1) is 19.1. The van der Waals surface area contributed by atoms with Gasteiger partial charge in [0.15, 0.2) is 9.84 Å². The zero-order chi connectivity index (χ0) is 19.6. The molecule has 0 saturated carbocycles.